The molecule has 2 heterocycles. The summed E-state index contributed by atoms with van der Waals surface area (Å²) in [6.45, 7) is 6.19. The zero-order valence-electron chi connectivity index (χ0n) is 18.7. The summed E-state index contributed by atoms with van der Waals surface area (Å²) in [6.07, 6.45) is 1.65. The summed E-state index contributed by atoms with van der Waals surface area (Å²) in [4.78, 5) is 24.0. The zero-order chi connectivity index (χ0) is 23.4. The first-order valence-corrected chi connectivity index (χ1v) is 11.2. The second-order valence-electron chi connectivity index (χ2n) is 7.65. The lowest BCUT2D eigenvalue weighted by molar-refractivity contribution is 0.0986. The van der Waals surface area contributed by atoms with Gasteiger partial charge in [-0.2, -0.15) is 4.98 Å². The predicted molar refractivity (Wildman–Crippen MR) is 132 cm³/mol. The molecule has 0 fully saturated rings. The smallest absolute Gasteiger partial charge is 0.262 e. The normalized spacial score (nSPS) is 11.8. The van der Waals surface area contributed by atoms with Crippen molar-refractivity contribution < 1.29 is 9.21 Å². The molecular weight excluding hydrogens is 436 g/mol. The van der Waals surface area contributed by atoms with Crippen molar-refractivity contribution in [3.05, 3.63) is 94.8 Å². The fourth-order valence-electron chi connectivity index (χ4n) is 3.59. The summed E-state index contributed by atoms with van der Waals surface area (Å²) in [6, 6.07) is 20.9. The van der Waals surface area contributed by atoms with E-state index < -0.39 is 0 Å². The highest BCUT2D eigenvalue weighted by atomic mass is 35.5. The van der Waals surface area contributed by atoms with Gasteiger partial charge in [0.15, 0.2) is 0 Å². The molecule has 2 aromatic heterocycles. The van der Waals surface area contributed by atoms with Gasteiger partial charge in [-0.1, -0.05) is 41.9 Å². The molecule has 0 spiro atoms. The Hall–Kier alpha value is -3.64. The van der Waals surface area contributed by atoms with Gasteiger partial charge in [0, 0.05) is 23.3 Å². The van der Waals surface area contributed by atoms with Crippen LogP contribution in [0.2, 0.25) is 5.02 Å². The van der Waals surface area contributed by atoms with Crippen molar-refractivity contribution in [1.82, 2.24) is 9.97 Å². The molecule has 1 N–H and O–H groups in total. The van der Waals surface area contributed by atoms with Crippen LogP contribution in [0.25, 0.3) is 11.3 Å². The van der Waals surface area contributed by atoms with Crippen LogP contribution < -0.4 is 10.2 Å². The number of furan rings is 1. The van der Waals surface area contributed by atoms with Crippen LogP contribution >= 0.6 is 11.6 Å². The van der Waals surface area contributed by atoms with E-state index in [0.717, 1.165) is 11.1 Å². The predicted octanol–water partition coefficient (Wildman–Crippen LogP) is 6.54. The van der Waals surface area contributed by atoms with Gasteiger partial charge in [-0.15, -0.1) is 0 Å². The minimum absolute atomic E-state index is 0.0188. The van der Waals surface area contributed by atoms with Crippen LogP contribution in [0.5, 0.6) is 0 Å². The number of halogens is 1. The maximum atomic E-state index is 13.4. The van der Waals surface area contributed by atoms with Gasteiger partial charge >= 0.3 is 0 Å². The average molecular weight is 461 g/mol. The number of hydrogen-bond acceptors (Lipinski definition) is 5. The van der Waals surface area contributed by atoms with Crippen molar-refractivity contribution in [1.29, 1.82) is 0 Å². The van der Waals surface area contributed by atoms with Crippen molar-refractivity contribution in [3.8, 4) is 11.3 Å². The first kappa shape index (κ1) is 22.6. The lowest BCUT2D eigenvalue weighted by Crippen LogP contribution is -2.31. The number of aryl methyl sites for hydroxylation is 1. The van der Waals surface area contributed by atoms with E-state index in [1.54, 1.807) is 42.3 Å². The van der Waals surface area contributed by atoms with Crippen LogP contribution in [0.3, 0.4) is 0 Å². The average Bonchev–Trinajstić information content (AvgIpc) is 3.22. The molecule has 0 saturated carbocycles. The third-order valence-electron chi connectivity index (χ3n) is 5.40. The van der Waals surface area contributed by atoms with E-state index >= 15 is 0 Å². The maximum absolute atomic E-state index is 13.4. The number of rotatable bonds is 7. The molecule has 0 saturated heterocycles. The molecule has 4 rings (SSSR count). The lowest BCUT2D eigenvalue weighted by Gasteiger charge is -2.21. The molecule has 0 unspecified atom stereocenters. The number of carbonyl (C=O) groups is 1. The molecule has 0 aliphatic heterocycles. The van der Waals surface area contributed by atoms with Crippen LogP contribution in [0, 0.1) is 6.92 Å². The molecule has 33 heavy (non-hydrogen) atoms. The summed E-state index contributed by atoms with van der Waals surface area (Å²) in [5.41, 5.74) is 2.47. The van der Waals surface area contributed by atoms with Crippen LogP contribution in [0.4, 0.5) is 11.8 Å². The van der Waals surface area contributed by atoms with Crippen molar-refractivity contribution >= 4 is 29.3 Å². The second kappa shape index (κ2) is 9.88. The monoisotopic (exact) mass is 460 g/mol. The number of nitrogens with zero attached hydrogens (tertiary/aromatic N) is 3. The highest BCUT2D eigenvalue weighted by molar-refractivity contribution is 6.30. The van der Waals surface area contributed by atoms with E-state index in [2.05, 4.69) is 15.3 Å². The molecule has 1 amide bonds. The molecule has 1 atom stereocenters. The summed E-state index contributed by atoms with van der Waals surface area (Å²) < 4.78 is 5.88. The van der Waals surface area contributed by atoms with E-state index in [4.69, 9.17) is 16.0 Å². The number of anilines is 2. The Kier molecular flexibility index (Phi) is 6.75. The third kappa shape index (κ3) is 5.07. The quantitative estimate of drug-likeness (QED) is 0.339. The van der Waals surface area contributed by atoms with Gasteiger partial charge in [0.05, 0.1) is 11.6 Å². The van der Waals surface area contributed by atoms with Gasteiger partial charge in [-0.25, -0.2) is 4.98 Å². The van der Waals surface area contributed by atoms with Gasteiger partial charge in [-0.3, -0.25) is 9.69 Å². The molecule has 0 aliphatic carbocycles. The molecular formula is C26H25ClN4O2. The number of benzene rings is 2. The number of amides is 1. The summed E-state index contributed by atoms with van der Waals surface area (Å²) in [5, 5.41) is 3.95. The molecule has 4 aromatic rings. The van der Waals surface area contributed by atoms with Crippen LogP contribution in [-0.4, -0.2) is 22.4 Å². The standard InChI is InChI=1S/C26H25ClN4O2/c1-4-31(24-14-15-28-26(30-24)29-17(2)19-8-6-5-7-9-19)25(32)22-16-23(33-18(22)3)20-10-12-21(27)13-11-20/h5-17H,4H2,1-3H3,(H,28,29,30)/t17-/m0/s1. The molecule has 0 radical (unpaired) electrons. The fraction of sp³-hybridized carbons (Fsp3) is 0.192. The first-order chi connectivity index (χ1) is 16.0. The van der Waals surface area contributed by atoms with Gasteiger partial charge in [0.1, 0.15) is 17.3 Å². The minimum Gasteiger partial charge on any atom is -0.461 e. The summed E-state index contributed by atoms with van der Waals surface area (Å²) >= 11 is 5.98. The Morgan fingerprint density at radius 2 is 1.85 bits per heavy atom. The Balaban J connectivity index is 1.57. The van der Waals surface area contributed by atoms with Crippen LogP contribution in [0.15, 0.2) is 77.3 Å². The van der Waals surface area contributed by atoms with Gasteiger partial charge in [-0.05, 0) is 62.7 Å². The summed E-state index contributed by atoms with van der Waals surface area (Å²) in [7, 11) is 0. The number of carbonyl (C=O) groups excluding carboxylic acids is 1. The van der Waals surface area contributed by atoms with E-state index in [1.165, 1.54) is 0 Å². The van der Waals surface area contributed by atoms with E-state index in [1.807, 2.05) is 56.3 Å². The van der Waals surface area contributed by atoms with Crippen molar-refractivity contribution in [2.75, 3.05) is 16.8 Å². The highest BCUT2D eigenvalue weighted by Crippen LogP contribution is 2.28. The Morgan fingerprint density at radius 3 is 2.55 bits per heavy atom. The molecule has 6 nitrogen and oxygen atoms in total. The number of nitrogens with one attached hydrogen (secondary N) is 1. The Morgan fingerprint density at radius 1 is 1.12 bits per heavy atom. The van der Waals surface area contributed by atoms with Gasteiger partial charge < -0.3 is 9.73 Å². The van der Waals surface area contributed by atoms with E-state index in [-0.39, 0.29) is 11.9 Å². The molecule has 0 aliphatic rings. The first-order valence-electron chi connectivity index (χ1n) is 10.8. The van der Waals surface area contributed by atoms with Crippen LogP contribution in [0.1, 0.15) is 41.6 Å². The second-order valence-corrected chi connectivity index (χ2v) is 8.09. The van der Waals surface area contributed by atoms with Crippen molar-refractivity contribution in [3.63, 3.8) is 0 Å². The molecule has 168 valence electrons. The van der Waals surface area contributed by atoms with Gasteiger partial charge in [0.25, 0.3) is 5.91 Å². The summed E-state index contributed by atoms with van der Waals surface area (Å²) in [5.74, 6) is 1.97. The SMILES string of the molecule is CCN(C(=O)c1cc(-c2ccc(Cl)cc2)oc1C)c1ccnc(N[C@@H](C)c2ccccc2)n1. The zero-order valence-corrected chi connectivity index (χ0v) is 19.5. The molecule has 2 aromatic carbocycles. The van der Waals surface area contributed by atoms with Crippen LogP contribution in [-0.2, 0) is 0 Å². The Labute approximate surface area is 198 Å². The molecule has 7 heteroatoms. The lowest BCUT2D eigenvalue weighted by atomic mass is 10.1. The number of aromatic nitrogens is 2. The van der Waals surface area contributed by atoms with Gasteiger partial charge in [0.2, 0.25) is 5.95 Å². The van der Waals surface area contributed by atoms with Crippen molar-refractivity contribution in [2.45, 2.75) is 26.8 Å². The topological polar surface area (TPSA) is 71.3 Å². The largest absolute Gasteiger partial charge is 0.461 e. The van der Waals surface area contributed by atoms with E-state index in [0.29, 0.717) is 40.4 Å². The van der Waals surface area contributed by atoms with E-state index in [9.17, 15) is 4.79 Å². The minimum atomic E-state index is -0.181. The maximum Gasteiger partial charge on any atom is 0.262 e. The highest BCUT2D eigenvalue weighted by Gasteiger charge is 2.23. The molecule has 0 bridgehead atoms. The number of hydrogen-bond donors (Lipinski definition) is 1. The third-order valence-corrected chi connectivity index (χ3v) is 5.65. The fourth-order valence-corrected chi connectivity index (χ4v) is 3.72. The Bertz CT molecular complexity index is 1240. The van der Waals surface area contributed by atoms with Crippen molar-refractivity contribution in [2.24, 2.45) is 0 Å².